The Labute approximate surface area is 131 Å². The largest absolute Gasteiger partial charge is 0.483 e. The molecule has 2 aromatic carbocycles. The van der Waals surface area contributed by atoms with E-state index in [1.165, 1.54) is 0 Å². The Balaban J connectivity index is 2.33. The highest BCUT2D eigenvalue weighted by Crippen LogP contribution is 2.26. The zero-order valence-corrected chi connectivity index (χ0v) is 12.9. The molecule has 0 spiro atoms. The molecule has 0 heterocycles. The Kier molecular flexibility index (Phi) is 5.55. The van der Waals surface area contributed by atoms with Crippen molar-refractivity contribution in [2.45, 2.75) is 31.7 Å². The lowest BCUT2D eigenvalue weighted by atomic mass is 9.96. The van der Waals surface area contributed by atoms with Gasteiger partial charge in [-0.2, -0.15) is 0 Å². The lowest BCUT2D eigenvalue weighted by Crippen LogP contribution is -2.57. The molecule has 2 aromatic rings. The van der Waals surface area contributed by atoms with Crippen molar-refractivity contribution in [1.29, 1.82) is 0 Å². The molecule has 0 fully saturated rings. The van der Waals surface area contributed by atoms with Crippen molar-refractivity contribution in [3.8, 4) is 5.75 Å². The SMILES string of the molecule is CC(C)NC(O)(c1ccccc1)C(CO)Oc1ccccc1. The topological polar surface area (TPSA) is 61.7 Å². The van der Waals surface area contributed by atoms with Crippen molar-refractivity contribution in [3.05, 3.63) is 66.2 Å². The van der Waals surface area contributed by atoms with Gasteiger partial charge in [0.2, 0.25) is 0 Å². The Morgan fingerprint density at radius 3 is 2.05 bits per heavy atom. The Bertz CT molecular complexity index is 559. The molecule has 118 valence electrons. The van der Waals surface area contributed by atoms with Gasteiger partial charge in [0.25, 0.3) is 0 Å². The minimum atomic E-state index is -1.49. The van der Waals surface area contributed by atoms with Gasteiger partial charge >= 0.3 is 0 Å². The third-order valence-electron chi connectivity index (χ3n) is 3.38. The maximum absolute atomic E-state index is 11.2. The number of hydrogen-bond acceptors (Lipinski definition) is 4. The molecule has 3 N–H and O–H groups in total. The highest BCUT2D eigenvalue weighted by atomic mass is 16.5. The maximum atomic E-state index is 11.2. The van der Waals surface area contributed by atoms with Crippen LogP contribution in [-0.2, 0) is 5.72 Å². The van der Waals surface area contributed by atoms with Crippen molar-refractivity contribution >= 4 is 0 Å². The van der Waals surface area contributed by atoms with E-state index in [2.05, 4.69) is 5.32 Å². The first-order chi connectivity index (χ1) is 10.6. The molecule has 2 atom stereocenters. The summed E-state index contributed by atoms with van der Waals surface area (Å²) in [4.78, 5) is 0. The molecule has 0 amide bonds. The van der Waals surface area contributed by atoms with E-state index in [0.29, 0.717) is 11.3 Å². The zero-order valence-electron chi connectivity index (χ0n) is 12.9. The number of rotatable bonds is 7. The van der Waals surface area contributed by atoms with Crippen molar-refractivity contribution in [2.24, 2.45) is 0 Å². The van der Waals surface area contributed by atoms with Crippen molar-refractivity contribution in [2.75, 3.05) is 6.61 Å². The van der Waals surface area contributed by atoms with E-state index in [1.54, 1.807) is 12.1 Å². The third kappa shape index (κ3) is 3.85. The van der Waals surface area contributed by atoms with E-state index in [9.17, 15) is 10.2 Å². The average Bonchev–Trinajstić information content (AvgIpc) is 2.53. The first-order valence-corrected chi connectivity index (χ1v) is 7.44. The summed E-state index contributed by atoms with van der Waals surface area (Å²) < 4.78 is 5.82. The van der Waals surface area contributed by atoms with E-state index in [1.807, 2.05) is 62.4 Å². The highest BCUT2D eigenvalue weighted by molar-refractivity contribution is 5.26. The van der Waals surface area contributed by atoms with Crippen LogP contribution in [0.1, 0.15) is 19.4 Å². The molecule has 0 aliphatic carbocycles. The van der Waals surface area contributed by atoms with Gasteiger partial charge in [-0.1, -0.05) is 48.5 Å². The molecule has 0 bridgehead atoms. The number of nitrogens with one attached hydrogen (secondary N) is 1. The van der Waals surface area contributed by atoms with Gasteiger partial charge < -0.3 is 14.9 Å². The Morgan fingerprint density at radius 2 is 1.55 bits per heavy atom. The normalized spacial score (nSPS) is 15.3. The summed E-state index contributed by atoms with van der Waals surface area (Å²) in [6.45, 7) is 3.55. The number of ether oxygens (including phenoxy) is 1. The quantitative estimate of drug-likeness (QED) is 0.687. The molecule has 0 aromatic heterocycles. The molecule has 4 nitrogen and oxygen atoms in total. The summed E-state index contributed by atoms with van der Waals surface area (Å²) in [6.07, 6.45) is -0.834. The minimum absolute atomic E-state index is 0.0126. The zero-order chi connectivity index (χ0) is 16.0. The summed E-state index contributed by atoms with van der Waals surface area (Å²) in [7, 11) is 0. The molecular weight excluding hydrogens is 278 g/mol. The van der Waals surface area contributed by atoms with E-state index < -0.39 is 11.8 Å². The summed E-state index contributed by atoms with van der Waals surface area (Å²) >= 11 is 0. The second kappa shape index (κ2) is 7.40. The Hall–Kier alpha value is -1.88. The van der Waals surface area contributed by atoms with Crippen molar-refractivity contribution < 1.29 is 14.9 Å². The molecule has 2 unspecified atom stereocenters. The van der Waals surface area contributed by atoms with Crippen LogP contribution in [0.2, 0.25) is 0 Å². The van der Waals surface area contributed by atoms with Gasteiger partial charge in [-0.15, -0.1) is 0 Å². The average molecular weight is 301 g/mol. The fourth-order valence-electron chi connectivity index (χ4n) is 2.41. The lowest BCUT2D eigenvalue weighted by molar-refractivity contribution is -0.115. The fourth-order valence-corrected chi connectivity index (χ4v) is 2.41. The first kappa shape index (κ1) is 16.5. The van der Waals surface area contributed by atoms with Gasteiger partial charge in [0.15, 0.2) is 11.8 Å². The van der Waals surface area contributed by atoms with Crippen LogP contribution in [0.3, 0.4) is 0 Å². The maximum Gasteiger partial charge on any atom is 0.182 e. The summed E-state index contributed by atoms with van der Waals surface area (Å²) in [5.41, 5.74) is -0.835. The fraction of sp³-hybridized carbons (Fsp3) is 0.333. The molecule has 0 saturated carbocycles. The molecule has 0 saturated heterocycles. The lowest BCUT2D eigenvalue weighted by Gasteiger charge is -2.38. The molecule has 0 radical (unpaired) electrons. The monoisotopic (exact) mass is 301 g/mol. The van der Waals surface area contributed by atoms with Crippen LogP contribution in [0.4, 0.5) is 0 Å². The molecule has 0 aliphatic rings. The third-order valence-corrected chi connectivity index (χ3v) is 3.38. The second-order valence-corrected chi connectivity index (χ2v) is 5.53. The molecular formula is C18H23NO3. The number of hydrogen-bond donors (Lipinski definition) is 3. The second-order valence-electron chi connectivity index (χ2n) is 5.53. The highest BCUT2D eigenvalue weighted by Gasteiger charge is 2.40. The van der Waals surface area contributed by atoms with Crippen LogP contribution in [0.25, 0.3) is 0 Å². The van der Waals surface area contributed by atoms with Gasteiger partial charge in [-0.25, -0.2) is 0 Å². The van der Waals surface area contributed by atoms with Gasteiger partial charge in [0.05, 0.1) is 6.61 Å². The van der Waals surface area contributed by atoms with Crippen LogP contribution in [0, 0.1) is 0 Å². The van der Waals surface area contributed by atoms with Gasteiger partial charge in [-0.3, -0.25) is 5.32 Å². The van der Waals surface area contributed by atoms with Gasteiger partial charge in [0.1, 0.15) is 5.75 Å². The number of para-hydroxylation sites is 1. The minimum Gasteiger partial charge on any atom is -0.483 e. The molecule has 22 heavy (non-hydrogen) atoms. The van der Waals surface area contributed by atoms with Gasteiger partial charge in [0, 0.05) is 11.6 Å². The van der Waals surface area contributed by atoms with Gasteiger partial charge in [-0.05, 0) is 26.0 Å². The predicted molar refractivity (Wildman–Crippen MR) is 86.6 cm³/mol. The standard InChI is InChI=1S/C18H23NO3/c1-14(2)19-18(21,15-9-5-3-6-10-15)17(13-20)22-16-11-7-4-8-12-16/h3-12,14,17,19-21H,13H2,1-2H3. The van der Waals surface area contributed by atoms with Crippen LogP contribution >= 0.6 is 0 Å². The van der Waals surface area contributed by atoms with Crippen LogP contribution in [-0.4, -0.2) is 29.0 Å². The predicted octanol–water partition coefficient (Wildman–Crippen LogP) is 2.27. The van der Waals surface area contributed by atoms with Crippen LogP contribution in [0.5, 0.6) is 5.75 Å². The van der Waals surface area contributed by atoms with E-state index in [0.717, 1.165) is 0 Å². The summed E-state index contributed by atoms with van der Waals surface area (Å²) in [6, 6.07) is 18.4. The summed E-state index contributed by atoms with van der Waals surface area (Å²) in [5, 5.41) is 24.1. The summed E-state index contributed by atoms with van der Waals surface area (Å²) in [5.74, 6) is 0.599. The number of aliphatic hydroxyl groups excluding tert-OH is 1. The smallest absolute Gasteiger partial charge is 0.182 e. The van der Waals surface area contributed by atoms with Crippen LogP contribution in [0.15, 0.2) is 60.7 Å². The van der Waals surface area contributed by atoms with E-state index in [-0.39, 0.29) is 12.6 Å². The van der Waals surface area contributed by atoms with Crippen molar-refractivity contribution in [1.82, 2.24) is 5.32 Å². The molecule has 4 heteroatoms. The van der Waals surface area contributed by atoms with E-state index in [4.69, 9.17) is 4.74 Å². The van der Waals surface area contributed by atoms with Crippen LogP contribution < -0.4 is 10.1 Å². The van der Waals surface area contributed by atoms with Crippen molar-refractivity contribution in [3.63, 3.8) is 0 Å². The molecule has 0 aliphatic heterocycles. The number of benzene rings is 2. The number of aliphatic hydroxyl groups is 2. The molecule has 2 rings (SSSR count). The van der Waals surface area contributed by atoms with E-state index >= 15 is 0 Å². The first-order valence-electron chi connectivity index (χ1n) is 7.44. The Morgan fingerprint density at radius 1 is 1.00 bits per heavy atom.